The summed E-state index contributed by atoms with van der Waals surface area (Å²) in [6, 6.07) is 14.7. The normalized spacial score (nSPS) is 16.9. The van der Waals surface area contributed by atoms with Crippen molar-refractivity contribution >= 4 is 23.6 Å². The lowest BCUT2D eigenvalue weighted by atomic mass is 9.87. The zero-order valence-corrected chi connectivity index (χ0v) is 17.9. The maximum absolute atomic E-state index is 12.4. The highest BCUT2D eigenvalue weighted by Crippen LogP contribution is 2.26. The molecule has 3 N–H and O–H groups in total. The smallest absolute Gasteiger partial charge is 0.414 e. The van der Waals surface area contributed by atoms with Gasteiger partial charge in [0.15, 0.2) is 6.10 Å². The van der Waals surface area contributed by atoms with Crippen LogP contribution in [0.5, 0.6) is 5.75 Å². The monoisotopic (exact) mass is 425 g/mol. The van der Waals surface area contributed by atoms with E-state index in [0.717, 1.165) is 0 Å². The van der Waals surface area contributed by atoms with Gasteiger partial charge in [0.25, 0.3) is 0 Å². The molecule has 8 heteroatoms. The van der Waals surface area contributed by atoms with Crippen molar-refractivity contribution in [1.29, 1.82) is 0 Å². The van der Waals surface area contributed by atoms with Crippen LogP contribution in [0.15, 0.2) is 53.5 Å². The number of carbonyl (C=O) groups excluding carboxylic acids is 1. The van der Waals surface area contributed by atoms with E-state index in [0.29, 0.717) is 23.5 Å². The number of carboxylic acid groups (broad SMARTS) is 1. The highest BCUT2D eigenvalue weighted by atomic mass is 16.6. The van der Waals surface area contributed by atoms with Crippen molar-refractivity contribution in [2.75, 3.05) is 24.6 Å². The SMILES string of the molecule is CC(C)(C)c1ccc(OCC2CN(c3cccc(C(N)=NCC(=O)O)c3)C(=O)O2)cc1. The maximum Gasteiger partial charge on any atom is 0.414 e. The summed E-state index contributed by atoms with van der Waals surface area (Å²) in [6.07, 6.45) is -0.897. The Hall–Kier alpha value is -3.55. The van der Waals surface area contributed by atoms with Gasteiger partial charge in [-0.25, -0.2) is 4.79 Å². The molecule has 0 aliphatic carbocycles. The van der Waals surface area contributed by atoms with Crippen molar-refractivity contribution in [2.24, 2.45) is 10.7 Å². The van der Waals surface area contributed by atoms with Crippen molar-refractivity contribution in [1.82, 2.24) is 0 Å². The van der Waals surface area contributed by atoms with Crippen molar-refractivity contribution in [2.45, 2.75) is 32.3 Å². The average Bonchev–Trinajstić information content (AvgIpc) is 3.11. The minimum atomic E-state index is -1.07. The lowest BCUT2D eigenvalue weighted by molar-refractivity contribution is -0.135. The number of nitrogens with two attached hydrogens (primary N) is 1. The molecule has 0 radical (unpaired) electrons. The predicted octanol–water partition coefficient (Wildman–Crippen LogP) is 3.18. The number of amides is 1. The third kappa shape index (κ3) is 5.75. The second-order valence-electron chi connectivity index (χ2n) is 8.35. The molecule has 1 heterocycles. The molecule has 1 saturated heterocycles. The number of amidine groups is 1. The Balaban J connectivity index is 1.62. The summed E-state index contributed by atoms with van der Waals surface area (Å²) in [5, 5.41) is 8.74. The van der Waals surface area contributed by atoms with Crippen LogP contribution in [-0.2, 0) is 14.9 Å². The van der Waals surface area contributed by atoms with Crippen LogP contribution in [0.2, 0.25) is 0 Å². The highest BCUT2D eigenvalue weighted by molar-refractivity contribution is 6.00. The Kier molecular flexibility index (Phi) is 6.48. The van der Waals surface area contributed by atoms with E-state index in [1.165, 1.54) is 10.5 Å². The van der Waals surface area contributed by atoms with Crippen LogP contribution >= 0.6 is 0 Å². The van der Waals surface area contributed by atoms with Gasteiger partial charge in [0, 0.05) is 11.3 Å². The lowest BCUT2D eigenvalue weighted by Gasteiger charge is -2.19. The van der Waals surface area contributed by atoms with E-state index in [4.69, 9.17) is 20.3 Å². The van der Waals surface area contributed by atoms with Crippen LogP contribution in [0.3, 0.4) is 0 Å². The fraction of sp³-hybridized carbons (Fsp3) is 0.348. The van der Waals surface area contributed by atoms with E-state index >= 15 is 0 Å². The van der Waals surface area contributed by atoms with E-state index in [-0.39, 0.29) is 17.9 Å². The summed E-state index contributed by atoms with van der Waals surface area (Å²) in [6.45, 7) is 6.59. The Morgan fingerprint density at radius 1 is 1.26 bits per heavy atom. The van der Waals surface area contributed by atoms with Gasteiger partial charge in [-0.3, -0.25) is 14.7 Å². The van der Waals surface area contributed by atoms with Crippen LogP contribution < -0.4 is 15.4 Å². The van der Waals surface area contributed by atoms with E-state index in [2.05, 4.69) is 25.8 Å². The molecule has 2 aromatic carbocycles. The van der Waals surface area contributed by atoms with Gasteiger partial charge < -0.3 is 20.3 Å². The lowest BCUT2D eigenvalue weighted by Crippen LogP contribution is -2.27. The number of carboxylic acids is 1. The second-order valence-corrected chi connectivity index (χ2v) is 8.35. The third-order valence-electron chi connectivity index (χ3n) is 4.87. The number of nitrogens with zero attached hydrogens (tertiary/aromatic N) is 2. The Labute approximate surface area is 181 Å². The van der Waals surface area contributed by atoms with E-state index < -0.39 is 24.7 Å². The number of hydrogen-bond acceptors (Lipinski definition) is 5. The van der Waals surface area contributed by atoms with Gasteiger partial charge in [0.1, 0.15) is 24.7 Å². The molecule has 3 rings (SSSR count). The molecule has 1 fully saturated rings. The van der Waals surface area contributed by atoms with Crippen LogP contribution in [0.25, 0.3) is 0 Å². The molecule has 1 unspecified atom stereocenters. The summed E-state index contributed by atoms with van der Waals surface area (Å²) in [7, 11) is 0. The molecule has 0 spiro atoms. The maximum atomic E-state index is 12.4. The van der Waals surface area contributed by atoms with Crippen molar-refractivity contribution in [3.8, 4) is 5.75 Å². The van der Waals surface area contributed by atoms with Gasteiger partial charge in [-0.1, -0.05) is 45.0 Å². The van der Waals surface area contributed by atoms with Gasteiger partial charge in [-0.15, -0.1) is 0 Å². The second kappa shape index (κ2) is 9.07. The molecule has 2 aromatic rings. The molecule has 31 heavy (non-hydrogen) atoms. The molecule has 8 nitrogen and oxygen atoms in total. The van der Waals surface area contributed by atoms with E-state index in [1.54, 1.807) is 24.3 Å². The molecule has 0 aromatic heterocycles. The molecular formula is C23H27N3O5. The number of rotatable bonds is 7. The molecule has 1 aliphatic rings. The van der Waals surface area contributed by atoms with Crippen LogP contribution in [0.1, 0.15) is 31.9 Å². The van der Waals surface area contributed by atoms with Gasteiger partial charge in [0.05, 0.1) is 6.54 Å². The summed E-state index contributed by atoms with van der Waals surface area (Å²) >= 11 is 0. The largest absolute Gasteiger partial charge is 0.490 e. The molecule has 164 valence electrons. The first-order chi connectivity index (χ1) is 14.6. The Morgan fingerprint density at radius 2 is 1.97 bits per heavy atom. The number of carbonyl (C=O) groups is 2. The van der Waals surface area contributed by atoms with Crippen LogP contribution in [0, 0.1) is 0 Å². The number of hydrogen-bond donors (Lipinski definition) is 2. The minimum Gasteiger partial charge on any atom is -0.490 e. The van der Waals surface area contributed by atoms with Gasteiger partial charge in [0.2, 0.25) is 0 Å². The molecule has 0 saturated carbocycles. The van der Waals surface area contributed by atoms with E-state index in [9.17, 15) is 9.59 Å². The summed E-state index contributed by atoms with van der Waals surface area (Å²) in [5.41, 5.74) is 8.26. The Morgan fingerprint density at radius 3 is 2.61 bits per heavy atom. The number of anilines is 1. The third-order valence-corrected chi connectivity index (χ3v) is 4.87. The Bertz CT molecular complexity index is 979. The molecule has 1 atom stereocenters. The first-order valence-corrected chi connectivity index (χ1v) is 9.97. The zero-order chi connectivity index (χ0) is 22.6. The molecule has 0 bridgehead atoms. The summed E-state index contributed by atoms with van der Waals surface area (Å²) in [5.74, 6) is -0.263. The molecular weight excluding hydrogens is 398 g/mol. The first kappa shape index (κ1) is 22.1. The minimum absolute atomic E-state index is 0.0658. The van der Waals surface area contributed by atoms with E-state index in [1.807, 2.05) is 24.3 Å². The number of aliphatic imine (C=N–C) groups is 1. The molecule has 1 aliphatic heterocycles. The number of aliphatic carboxylic acids is 1. The fourth-order valence-corrected chi connectivity index (χ4v) is 3.14. The van der Waals surface area contributed by atoms with Crippen LogP contribution in [-0.4, -0.2) is 48.8 Å². The van der Waals surface area contributed by atoms with Crippen molar-refractivity contribution < 1.29 is 24.2 Å². The van der Waals surface area contributed by atoms with Gasteiger partial charge >= 0.3 is 12.1 Å². The zero-order valence-electron chi connectivity index (χ0n) is 17.9. The fourth-order valence-electron chi connectivity index (χ4n) is 3.14. The highest BCUT2D eigenvalue weighted by Gasteiger charge is 2.33. The average molecular weight is 425 g/mol. The summed E-state index contributed by atoms with van der Waals surface area (Å²) < 4.78 is 11.2. The topological polar surface area (TPSA) is 114 Å². The quantitative estimate of drug-likeness (QED) is 0.520. The van der Waals surface area contributed by atoms with Gasteiger partial charge in [-0.2, -0.15) is 0 Å². The first-order valence-electron chi connectivity index (χ1n) is 9.97. The number of ether oxygens (including phenoxy) is 2. The van der Waals surface area contributed by atoms with Gasteiger partial charge in [-0.05, 0) is 35.2 Å². The van der Waals surface area contributed by atoms with Crippen molar-refractivity contribution in [3.05, 3.63) is 59.7 Å². The summed E-state index contributed by atoms with van der Waals surface area (Å²) in [4.78, 5) is 28.3. The predicted molar refractivity (Wildman–Crippen MR) is 118 cm³/mol. The standard InChI is InChI=1S/C23H27N3O5/c1-23(2,3)16-7-9-18(10-8-16)30-14-19-13-26(22(29)31-19)17-6-4-5-15(11-17)21(24)25-12-20(27)28/h4-11,19H,12-14H2,1-3H3,(H2,24,25)(H,27,28). The number of cyclic esters (lactones) is 1. The van der Waals surface area contributed by atoms with Crippen molar-refractivity contribution in [3.63, 3.8) is 0 Å². The number of benzene rings is 2. The molecule has 1 amide bonds. The van der Waals surface area contributed by atoms with Crippen LogP contribution in [0.4, 0.5) is 10.5 Å².